The van der Waals surface area contributed by atoms with Crippen molar-refractivity contribution in [2.45, 2.75) is 68.2 Å². The zero-order valence-corrected chi connectivity index (χ0v) is 15.3. The number of ketones is 1. The minimum Gasteiger partial charge on any atom is -0.367 e. The van der Waals surface area contributed by atoms with E-state index in [-0.39, 0.29) is 18.8 Å². The number of halogens is 6. The summed E-state index contributed by atoms with van der Waals surface area (Å²) >= 11 is 0. The SMILES string of the molecule is CC(F)(F)C(=O)COC12CC3CC(C1)C1(OCC(F)(F)C(F)(F)CO1)C(C3)C2. The highest BCUT2D eigenvalue weighted by atomic mass is 19.3. The third kappa shape index (κ3) is 3.06. The Balaban J connectivity index is 1.53. The van der Waals surface area contributed by atoms with Crippen molar-refractivity contribution in [3.05, 3.63) is 0 Å². The van der Waals surface area contributed by atoms with Crippen LogP contribution in [-0.4, -0.2) is 54.8 Å². The number of alkyl halides is 6. The lowest BCUT2D eigenvalue weighted by Crippen LogP contribution is -2.66. The largest absolute Gasteiger partial charge is 0.367 e. The summed E-state index contributed by atoms with van der Waals surface area (Å²) < 4.78 is 97.6. The molecule has 4 aliphatic carbocycles. The lowest BCUT2D eigenvalue weighted by molar-refractivity contribution is -0.357. The highest BCUT2D eigenvalue weighted by molar-refractivity contribution is 5.86. The van der Waals surface area contributed by atoms with Crippen LogP contribution in [0.25, 0.3) is 0 Å². The minimum atomic E-state index is -4.33. The summed E-state index contributed by atoms with van der Waals surface area (Å²) in [5.74, 6) is -15.9. The molecule has 1 spiro atoms. The number of rotatable bonds is 4. The van der Waals surface area contributed by atoms with Crippen LogP contribution in [0.4, 0.5) is 26.3 Å². The number of carbonyl (C=O) groups excluding carboxylic acids is 1. The molecule has 5 aliphatic rings. The van der Waals surface area contributed by atoms with Crippen molar-refractivity contribution in [3.8, 4) is 0 Å². The van der Waals surface area contributed by atoms with Gasteiger partial charge in [0.25, 0.3) is 0 Å². The molecule has 0 radical (unpaired) electrons. The van der Waals surface area contributed by atoms with Crippen LogP contribution >= 0.6 is 0 Å². The molecule has 5 rings (SSSR count). The van der Waals surface area contributed by atoms with Crippen molar-refractivity contribution in [2.75, 3.05) is 19.8 Å². The molecule has 0 aromatic rings. The molecule has 0 aromatic heterocycles. The Kier molecular flexibility index (Phi) is 4.43. The van der Waals surface area contributed by atoms with Crippen LogP contribution in [0.15, 0.2) is 0 Å². The average molecular weight is 416 g/mol. The molecular formula is C18H22F6O4. The number of hydrogen-bond acceptors (Lipinski definition) is 4. The Morgan fingerprint density at radius 2 is 1.50 bits per heavy atom. The molecule has 1 aliphatic heterocycles. The molecule has 160 valence electrons. The van der Waals surface area contributed by atoms with Crippen LogP contribution in [0.1, 0.15) is 39.0 Å². The van der Waals surface area contributed by atoms with Gasteiger partial charge in [0.1, 0.15) is 19.8 Å². The Morgan fingerprint density at radius 3 is 1.96 bits per heavy atom. The van der Waals surface area contributed by atoms with Gasteiger partial charge in [0.2, 0.25) is 5.78 Å². The highest BCUT2D eigenvalue weighted by Crippen LogP contribution is 2.63. The first-order chi connectivity index (χ1) is 12.8. The topological polar surface area (TPSA) is 44.8 Å². The molecule has 2 unspecified atom stereocenters. The van der Waals surface area contributed by atoms with Crippen LogP contribution < -0.4 is 0 Å². The fourth-order valence-corrected chi connectivity index (χ4v) is 5.51. The molecular weight excluding hydrogens is 394 g/mol. The molecule has 28 heavy (non-hydrogen) atoms. The maximum absolute atomic E-state index is 13.8. The van der Waals surface area contributed by atoms with Crippen molar-refractivity contribution < 1.29 is 45.3 Å². The Morgan fingerprint density at radius 1 is 1.00 bits per heavy atom. The van der Waals surface area contributed by atoms with E-state index in [1.54, 1.807) is 0 Å². The molecule has 0 N–H and O–H groups in total. The summed E-state index contributed by atoms with van der Waals surface area (Å²) in [6.07, 6.45) is 2.11. The van der Waals surface area contributed by atoms with Gasteiger partial charge in [-0.2, -0.15) is 26.3 Å². The second kappa shape index (κ2) is 6.07. The van der Waals surface area contributed by atoms with E-state index in [2.05, 4.69) is 0 Å². The first kappa shape index (κ1) is 20.4. The van der Waals surface area contributed by atoms with E-state index in [1.165, 1.54) is 0 Å². The Hall–Kier alpha value is -0.870. The summed E-state index contributed by atoms with van der Waals surface area (Å²) in [5.41, 5.74) is -0.854. The fourth-order valence-electron chi connectivity index (χ4n) is 5.51. The van der Waals surface area contributed by atoms with Gasteiger partial charge in [-0.05, 0) is 38.0 Å². The number of ether oxygens (including phenoxy) is 3. The molecule has 2 atom stereocenters. The lowest BCUT2D eigenvalue weighted by Gasteiger charge is -2.63. The van der Waals surface area contributed by atoms with E-state index in [9.17, 15) is 31.1 Å². The first-order valence-electron chi connectivity index (χ1n) is 9.37. The number of hydrogen-bond donors (Lipinski definition) is 0. The molecule has 0 amide bonds. The quantitative estimate of drug-likeness (QED) is 0.654. The van der Waals surface area contributed by atoms with Crippen molar-refractivity contribution in [3.63, 3.8) is 0 Å². The highest BCUT2D eigenvalue weighted by Gasteiger charge is 2.69. The van der Waals surface area contributed by atoms with Gasteiger partial charge in [0, 0.05) is 18.8 Å². The smallest absolute Gasteiger partial charge is 0.335 e. The summed E-state index contributed by atoms with van der Waals surface area (Å²) in [4.78, 5) is 11.6. The van der Waals surface area contributed by atoms with Crippen molar-refractivity contribution in [2.24, 2.45) is 17.8 Å². The van der Waals surface area contributed by atoms with Crippen molar-refractivity contribution in [1.29, 1.82) is 0 Å². The van der Waals surface area contributed by atoms with Gasteiger partial charge >= 0.3 is 17.8 Å². The number of Topliss-reactive ketones (excluding diaryl/α,β-unsaturated/α-hetero) is 1. The van der Waals surface area contributed by atoms with Gasteiger partial charge < -0.3 is 14.2 Å². The molecule has 5 fully saturated rings. The Bertz CT molecular complexity index is 625. The van der Waals surface area contributed by atoms with E-state index in [0.717, 1.165) is 0 Å². The predicted octanol–water partition coefficient (Wildman–Crippen LogP) is 3.82. The predicted molar refractivity (Wildman–Crippen MR) is 82.4 cm³/mol. The van der Waals surface area contributed by atoms with Gasteiger partial charge in [-0.25, -0.2) is 0 Å². The summed E-state index contributed by atoms with van der Waals surface area (Å²) in [7, 11) is 0. The van der Waals surface area contributed by atoms with Crippen LogP contribution in [0.2, 0.25) is 0 Å². The monoisotopic (exact) mass is 416 g/mol. The molecule has 1 saturated heterocycles. The molecule has 4 saturated carbocycles. The van der Waals surface area contributed by atoms with Crippen LogP contribution in [-0.2, 0) is 19.0 Å². The third-order valence-corrected chi connectivity index (χ3v) is 6.76. The first-order valence-corrected chi connectivity index (χ1v) is 9.37. The van der Waals surface area contributed by atoms with Gasteiger partial charge in [-0.15, -0.1) is 0 Å². The second-order valence-electron chi connectivity index (χ2n) is 8.83. The molecule has 4 nitrogen and oxygen atoms in total. The zero-order chi connectivity index (χ0) is 20.6. The second-order valence-corrected chi connectivity index (χ2v) is 8.83. The molecule has 10 heteroatoms. The normalized spacial score (nSPS) is 40.5. The molecule has 0 aromatic carbocycles. The third-order valence-electron chi connectivity index (χ3n) is 6.76. The molecule has 1 heterocycles. The fraction of sp³-hybridized carbons (Fsp3) is 0.944. The lowest BCUT2D eigenvalue weighted by atomic mass is 9.51. The van der Waals surface area contributed by atoms with Gasteiger partial charge in [-0.3, -0.25) is 4.79 Å². The van der Waals surface area contributed by atoms with E-state index < -0.39 is 66.6 Å². The maximum atomic E-state index is 13.8. The van der Waals surface area contributed by atoms with E-state index in [4.69, 9.17) is 14.2 Å². The minimum absolute atomic E-state index is 0.122. The van der Waals surface area contributed by atoms with E-state index in [0.29, 0.717) is 26.2 Å². The summed E-state index contributed by atoms with van der Waals surface area (Å²) in [5, 5.41) is 0. The zero-order valence-electron chi connectivity index (χ0n) is 15.3. The van der Waals surface area contributed by atoms with Crippen molar-refractivity contribution >= 4 is 5.78 Å². The number of carbonyl (C=O) groups is 1. The van der Waals surface area contributed by atoms with Gasteiger partial charge in [0.05, 0.1) is 5.60 Å². The molecule has 4 bridgehead atoms. The standard InChI is InChI=1S/C18H22F6O4/c1-14(19,20)13(25)7-26-15-4-10-2-11(5-15)18(12(3-10)6-15)27-8-16(21,22)17(23,24)9-28-18/h10-12H,2-9H2,1H3. The average Bonchev–Trinajstić information content (AvgIpc) is 2.66. The summed E-state index contributed by atoms with van der Waals surface area (Å²) in [6, 6.07) is 0. The van der Waals surface area contributed by atoms with Crippen LogP contribution in [0.3, 0.4) is 0 Å². The van der Waals surface area contributed by atoms with E-state index in [1.807, 2.05) is 0 Å². The maximum Gasteiger partial charge on any atom is 0.335 e. The van der Waals surface area contributed by atoms with Crippen LogP contribution in [0, 0.1) is 17.8 Å². The van der Waals surface area contributed by atoms with Crippen molar-refractivity contribution in [1.82, 2.24) is 0 Å². The summed E-state index contributed by atoms with van der Waals surface area (Å²) in [6.45, 7) is -3.13. The van der Waals surface area contributed by atoms with E-state index >= 15 is 0 Å². The van der Waals surface area contributed by atoms with Gasteiger partial charge in [0.15, 0.2) is 5.79 Å². The van der Waals surface area contributed by atoms with Gasteiger partial charge in [-0.1, -0.05) is 0 Å². The Labute approximate surface area is 157 Å². The van der Waals surface area contributed by atoms with Crippen LogP contribution in [0.5, 0.6) is 0 Å².